The van der Waals surface area contributed by atoms with E-state index in [2.05, 4.69) is 59.5 Å². The molecule has 170 valence electrons. The first-order valence-corrected chi connectivity index (χ1v) is 12.0. The molecule has 3 aromatic carbocycles. The Morgan fingerprint density at radius 3 is 2.48 bits per heavy atom. The smallest absolute Gasteiger partial charge is 0.335 e. The van der Waals surface area contributed by atoms with Gasteiger partial charge in [-0.25, -0.2) is 4.79 Å². The highest BCUT2D eigenvalue weighted by molar-refractivity contribution is 5.88. The fraction of sp³-hybridized carbons (Fsp3) is 0.345. The standard InChI is InChI=1S/C29H31NO3/c31-29(32)23-10-11-27-26(25-9-5-4-8-24(25)20-33-28(27)19-23)14-17-30-15-12-22(13-16-30)18-21-6-2-1-3-7-21/h1-11,19,22,26H,12-18,20H2,(H,31,32). The third-order valence-corrected chi connectivity index (χ3v) is 7.26. The molecule has 4 heteroatoms. The molecule has 0 aliphatic carbocycles. The molecule has 0 aromatic heterocycles. The fourth-order valence-corrected chi connectivity index (χ4v) is 5.39. The first-order chi connectivity index (χ1) is 16.2. The van der Waals surface area contributed by atoms with Gasteiger partial charge in [0.25, 0.3) is 0 Å². The lowest BCUT2D eigenvalue weighted by molar-refractivity contribution is 0.0696. The van der Waals surface area contributed by atoms with Crippen LogP contribution in [-0.2, 0) is 13.0 Å². The summed E-state index contributed by atoms with van der Waals surface area (Å²) in [5.41, 5.74) is 5.32. The van der Waals surface area contributed by atoms with Gasteiger partial charge in [-0.15, -0.1) is 0 Å². The summed E-state index contributed by atoms with van der Waals surface area (Å²) in [6.45, 7) is 3.81. The summed E-state index contributed by atoms with van der Waals surface area (Å²) in [7, 11) is 0. The van der Waals surface area contributed by atoms with Crippen LogP contribution in [-0.4, -0.2) is 35.6 Å². The first-order valence-electron chi connectivity index (χ1n) is 12.0. The second kappa shape index (κ2) is 9.80. The van der Waals surface area contributed by atoms with Crippen molar-refractivity contribution >= 4 is 5.97 Å². The predicted octanol–water partition coefficient (Wildman–Crippen LogP) is 5.75. The van der Waals surface area contributed by atoms with Crippen molar-refractivity contribution in [2.75, 3.05) is 19.6 Å². The lowest BCUT2D eigenvalue weighted by Gasteiger charge is -2.33. The van der Waals surface area contributed by atoms with E-state index in [0.717, 1.165) is 37.5 Å². The van der Waals surface area contributed by atoms with Crippen molar-refractivity contribution in [3.8, 4) is 5.75 Å². The van der Waals surface area contributed by atoms with E-state index in [0.29, 0.717) is 12.4 Å². The molecule has 1 fully saturated rings. The Morgan fingerprint density at radius 1 is 0.939 bits per heavy atom. The van der Waals surface area contributed by atoms with E-state index < -0.39 is 5.97 Å². The first kappa shape index (κ1) is 21.7. The SMILES string of the molecule is O=C(O)c1ccc2c(c1)OCc1ccccc1C2CCN1CCC(Cc2ccccc2)CC1. The molecule has 1 atom stereocenters. The molecule has 33 heavy (non-hydrogen) atoms. The molecular weight excluding hydrogens is 410 g/mol. The number of likely N-dealkylation sites (tertiary alicyclic amines) is 1. The minimum atomic E-state index is -0.918. The van der Waals surface area contributed by atoms with Crippen molar-refractivity contribution in [3.63, 3.8) is 0 Å². The van der Waals surface area contributed by atoms with Crippen LogP contribution in [0.2, 0.25) is 0 Å². The van der Waals surface area contributed by atoms with E-state index in [1.54, 1.807) is 12.1 Å². The third kappa shape index (κ3) is 4.96. The maximum absolute atomic E-state index is 11.5. The number of carboxylic acids is 1. The number of hydrogen-bond acceptors (Lipinski definition) is 3. The Morgan fingerprint density at radius 2 is 1.70 bits per heavy atom. The molecule has 1 saturated heterocycles. The van der Waals surface area contributed by atoms with Gasteiger partial charge in [0, 0.05) is 11.5 Å². The molecule has 1 unspecified atom stereocenters. The van der Waals surface area contributed by atoms with E-state index in [1.807, 2.05) is 6.07 Å². The second-order valence-corrected chi connectivity index (χ2v) is 9.36. The predicted molar refractivity (Wildman–Crippen MR) is 130 cm³/mol. The minimum Gasteiger partial charge on any atom is -0.489 e. The molecule has 0 radical (unpaired) electrons. The molecule has 0 bridgehead atoms. The normalized spacial score (nSPS) is 18.6. The number of rotatable bonds is 6. The van der Waals surface area contributed by atoms with Gasteiger partial charge in [-0.2, -0.15) is 0 Å². The van der Waals surface area contributed by atoms with E-state index in [-0.39, 0.29) is 11.5 Å². The summed E-state index contributed by atoms with van der Waals surface area (Å²) in [6.07, 6.45) is 4.68. The van der Waals surface area contributed by atoms with Gasteiger partial charge in [0.05, 0.1) is 5.56 Å². The zero-order valence-electron chi connectivity index (χ0n) is 19.0. The number of carbonyl (C=O) groups is 1. The van der Waals surface area contributed by atoms with E-state index in [4.69, 9.17) is 4.74 Å². The zero-order valence-corrected chi connectivity index (χ0v) is 19.0. The molecule has 0 saturated carbocycles. The van der Waals surface area contributed by atoms with E-state index >= 15 is 0 Å². The van der Waals surface area contributed by atoms with Crippen molar-refractivity contribution in [3.05, 3.63) is 101 Å². The van der Waals surface area contributed by atoms with Crippen LogP contribution in [0.15, 0.2) is 72.8 Å². The molecule has 1 N–H and O–H groups in total. The average molecular weight is 442 g/mol. The van der Waals surface area contributed by atoms with Crippen LogP contribution < -0.4 is 4.74 Å². The molecule has 2 aliphatic heterocycles. The number of carboxylic acid groups (broad SMARTS) is 1. The molecule has 3 aromatic rings. The summed E-state index contributed by atoms with van der Waals surface area (Å²) in [4.78, 5) is 14.1. The quantitative estimate of drug-likeness (QED) is 0.529. The summed E-state index contributed by atoms with van der Waals surface area (Å²) < 4.78 is 6.08. The Hall–Kier alpha value is -3.11. The van der Waals surface area contributed by atoms with Crippen LogP contribution in [0.25, 0.3) is 0 Å². The number of benzene rings is 3. The summed E-state index contributed by atoms with van der Waals surface area (Å²) in [6, 6.07) is 24.7. The number of aromatic carboxylic acids is 1. The van der Waals surface area contributed by atoms with Gasteiger partial charge >= 0.3 is 5.97 Å². The van der Waals surface area contributed by atoms with Crippen LogP contribution >= 0.6 is 0 Å². The molecular formula is C29H31NO3. The summed E-state index contributed by atoms with van der Waals surface area (Å²) >= 11 is 0. The Balaban J connectivity index is 1.28. The zero-order chi connectivity index (χ0) is 22.6. The number of piperidine rings is 1. The topological polar surface area (TPSA) is 49.8 Å². The van der Waals surface area contributed by atoms with Gasteiger partial charge in [0.1, 0.15) is 12.4 Å². The highest BCUT2D eigenvalue weighted by Gasteiger charge is 2.27. The molecule has 0 amide bonds. The monoisotopic (exact) mass is 441 g/mol. The highest BCUT2D eigenvalue weighted by Crippen LogP contribution is 2.40. The van der Waals surface area contributed by atoms with Gasteiger partial charge in [-0.1, -0.05) is 60.7 Å². The van der Waals surface area contributed by atoms with E-state index in [1.165, 1.54) is 36.0 Å². The van der Waals surface area contributed by atoms with Crippen molar-refractivity contribution in [1.82, 2.24) is 4.90 Å². The largest absolute Gasteiger partial charge is 0.489 e. The van der Waals surface area contributed by atoms with Crippen LogP contribution in [0.5, 0.6) is 5.75 Å². The highest BCUT2D eigenvalue weighted by atomic mass is 16.5. The second-order valence-electron chi connectivity index (χ2n) is 9.36. The van der Waals surface area contributed by atoms with Gasteiger partial charge < -0.3 is 14.7 Å². The molecule has 5 rings (SSSR count). The Labute approximate surface area is 195 Å². The van der Waals surface area contributed by atoms with Crippen molar-refractivity contribution in [1.29, 1.82) is 0 Å². The van der Waals surface area contributed by atoms with Gasteiger partial charge in [-0.3, -0.25) is 0 Å². The van der Waals surface area contributed by atoms with Crippen LogP contribution in [0.4, 0.5) is 0 Å². The number of ether oxygens (including phenoxy) is 1. The lowest BCUT2D eigenvalue weighted by atomic mass is 9.85. The maximum atomic E-state index is 11.5. The van der Waals surface area contributed by atoms with Gasteiger partial charge in [0.2, 0.25) is 0 Å². The van der Waals surface area contributed by atoms with Crippen LogP contribution in [0.3, 0.4) is 0 Å². The Bertz CT molecular complexity index is 1100. The maximum Gasteiger partial charge on any atom is 0.335 e. The lowest BCUT2D eigenvalue weighted by Crippen LogP contribution is -2.35. The summed E-state index contributed by atoms with van der Waals surface area (Å²) in [5.74, 6) is 0.769. The molecule has 4 nitrogen and oxygen atoms in total. The van der Waals surface area contributed by atoms with E-state index in [9.17, 15) is 9.90 Å². The number of hydrogen-bond donors (Lipinski definition) is 1. The van der Waals surface area contributed by atoms with Crippen molar-refractivity contribution < 1.29 is 14.6 Å². The van der Waals surface area contributed by atoms with Crippen LogP contribution in [0.1, 0.15) is 57.8 Å². The van der Waals surface area contributed by atoms with Gasteiger partial charge in [0.15, 0.2) is 0 Å². The van der Waals surface area contributed by atoms with Crippen LogP contribution in [0, 0.1) is 5.92 Å². The number of nitrogens with zero attached hydrogens (tertiary/aromatic N) is 1. The molecule has 2 heterocycles. The molecule has 0 spiro atoms. The van der Waals surface area contributed by atoms with Crippen molar-refractivity contribution in [2.45, 2.75) is 38.2 Å². The number of fused-ring (bicyclic) bond motifs is 2. The molecule has 2 aliphatic rings. The third-order valence-electron chi connectivity index (χ3n) is 7.26. The average Bonchev–Trinajstić information content (AvgIpc) is 3.00. The van der Waals surface area contributed by atoms with Gasteiger partial charge in [-0.05, 0) is 80.1 Å². The minimum absolute atomic E-state index is 0.212. The fourth-order valence-electron chi connectivity index (χ4n) is 5.39. The van der Waals surface area contributed by atoms with Crippen molar-refractivity contribution in [2.24, 2.45) is 5.92 Å². The Kier molecular flexibility index (Phi) is 6.45. The summed E-state index contributed by atoms with van der Waals surface area (Å²) in [5, 5.41) is 9.42.